The zero-order valence-electron chi connectivity index (χ0n) is 19.2. The van der Waals surface area contributed by atoms with Gasteiger partial charge in [0.1, 0.15) is 16.4 Å². The second kappa shape index (κ2) is 10.5. The van der Waals surface area contributed by atoms with Crippen molar-refractivity contribution in [3.05, 3.63) is 77.6 Å². The maximum absolute atomic E-state index is 13.0. The number of amides is 1. The molecule has 1 aliphatic heterocycles. The highest BCUT2D eigenvalue weighted by molar-refractivity contribution is 7.89. The maximum atomic E-state index is 13.0. The van der Waals surface area contributed by atoms with Crippen LogP contribution in [0.2, 0.25) is 0 Å². The molecule has 2 heterocycles. The highest BCUT2D eigenvalue weighted by atomic mass is 32.2. The molecule has 1 amide bonds. The molecule has 2 N–H and O–H groups in total. The molecule has 0 radical (unpaired) electrons. The summed E-state index contributed by atoms with van der Waals surface area (Å²) in [5, 5.41) is 0. The fourth-order valence-electron chi connectivity index (χ4n) is 3.29. The number of pyridine rings is 1. The van der Waals surface area contributed by atoms with E-state index >= 15 is 0 Å². The minimum atomic E-state index is -4.35. The summed E-state index contributed by atoms with van der Waals surface area (Å²) in [4.78, 5) is 30.7. The van der Waals surface area contributed by atoms with Crippen LogP contribution in [0.5, 0.6) is 23.0 Å². The van der Waals surface area contributed by atoms with Gasteiger partial charge in [-0.1, -0.05) is 12.1 Å². The molecule has 0 aliphatic carbocycles. The lowest BCUT2D eigenvalue weighted by Gasteiger charge is -2.15. The number of nitrogens with zero attached hydrogens (tertiary/aromatic N) is 1. The highest BCUT2D eigenvalue weighted by Crippen LogP contribution is 2.34. The number of nitrogens with one attached hydrogen (secondary N) is 2. The number of aromatic nitrogens is 1. The molecule has 0 saturated carbocycles. The lowest BCUT2D eigenvalue weighted by atomic mass is 10.1. The van der Waals surface area contributed by atoms with Gasteiger partial charge in [-0.25, -0.2) is 8.42 Å². The SMILES string of the molecule is COc1cc(OC)c(S(=O)(=O)NNC(=O)c2ccncc2)cc1C(=O)/C=C/c1ccc2c(c1)OCO2. The molecule has 0 spiro atoms. The van der Waals surface area contributed by atoms with Gasteiger partial charge >= 0.3 is 0 Å². The Balaban J connectivity index is 1.60. The third kappa shape index (κ3) is 5.29. The van der Waals surface area contributed by atoms with E-state index in [0.717, 1.165) is 6.07 Å². The van der Waals surface area contributed by atoms with Crippen molar-refractivity contribution in [3.8, 4) is 23.0 Å². The molecule has 3 aromatic rings. The molecular formula is C24H21N3O8S. The van der Waals surface area contributed by atoms with Crippen molar-refractivity contribution in [1.29, 1.82) is 0 Å². The van der Waals surface area contributed by atoms with Gasteiger partial charge < -0.3 is 18.9 Å². The number of sulfonamides is 1. The van der Waals surface area contributed by atoms with E-state index in [9.17, 15) is 18.0 Å². The zero-order valence-corrected chi connectivity index (χ0v) is 20.0. The van der Waals surface area contributed by atoms with E-state index in [1.165, 1.54) is 50.9 Å². The van der Waals surface area contributed by atoms with Crippen LogP contribution in [0.3, 0.4) is 0 Å². The summed E-state index contributed by atoms with van der Waals surface area (Å²) >= 11 is 0. The monoisotopic (exact) mass is 511 g/mol. The average Bonchev–Trinajstić information content (AvgIpc) is 3.38. The van der Waals surface area contributed by atoms with Gasteiger partial charge in [-0.05, 0) is 42.0 Å². The maximum Gasteiger partial charge on any atom is 0.266 e. The van der Waals surface area contributed by atoms with Gasteiger partial charge in [-0.3, -0.25) is 20.0 Å². The molecule has 36 heavy (non-hydrogen) atoms. The molecule has 0 fully saturated rings. The first-order chi connectivity index (χ1) is 17.3. The topological polar surface area (TPSA) is 142 Å². The van der Waals surface area contributed by atoms with E-state index < -0.39 is 21.7 Å². The Morgan fingerprint density at radius 1 is 0.972 bits per heavy atom. The molecule has 2 aromatic carbocycles. The predicted molar refractivity (Wildman–Crippen MR) is 128 cm³/mol. The van der Waals surface area contributed by atoms with E-state index in [2.05, 4.69) is 10.4 Å². The number of allylic oxidation sites excluding steroid dienone is 1. The van der Waals surface area contributed by atoms with Gasteiger partial charge in [0.05, 0.1) is 19.8 Å². The van der Waals surface area contributed by atoms with Crippen LogP contribution in [0.4, 0.5) is 0 Å². The van der Waals surface area contributed by atoms with Gasteiger partial charge in [0.25, 0.3) is 15.9 Å². The Bertz CT molecular complexity index is 1440. The number of hydrazine groups is 1. The summed E-state index contributed by atoms with van der Waals surface area (Å²) in [5.41, 5.74) is 2.96. The van der Waals surface area contributed by atoms with Gasteiger partial charge in [0.15, 0.2) is 17.3 Å². The Labute approximate surface area is 206 Å². The van der Waals surface area contributed by atoms with Gasteiger partial charge in [0.2, 0.25) is 6.79 Å². The van der Waals surface area contributed by atoms with Crippen LogP contribution >= 0.6 is 0 Å². The van der Waals surface area contributed by atoms with Crippen molar-refractivity contribution < 1.29 is 37.0 Å². The fraction of sp³-hybridized carbons (Fsp3) is 0.125. The number of carbonyl (C=O) groups excluding carboxylic acids is 2. The number of rotatable bonds is 9. The number of ketones is 1. The molecule has 0 bridgehead atoms. The number of hydrogen-bond acceptors (Lipinski definition) is 9. The lowest BCUT2D eigenvalue weighted by molar-refractivity contribution is 0.0944. The minimum Gasteiger partial charge on any atom is -0.496 e. The lowest BCUT2D eigenvalue weighted by Crippen LogP contribution is -2.41. The molecule has 12 heteroatoms. The Morgan fingerprint density at radius 2 is 1.69 bits per heavy atom. The molecule has 0 atom stereocenters. The van der Waals surface area contributed by atoms with Crippen molar-refractivity contribution in [2.75, 3.05) is 21.0 Å². The van der Waals surface area contributed by atoms with E-state index in [4.69, 9.17) is 18.9 Å². The van der Waals surface area contributed by atoms with Crippen LogP contribution in [-0.4, -0.2) is 46.1 Å². The van der Waals surface area contributed by atoms with Crippen LogP contribution in [0.1, 0.15) is 26.3 Å². The molecule has 1 aromatic heterocycles. The van der Waals surface area contributed by atoms with Crippen molar-refractivity contribution in [2.45, 2.75) is 4.90 Å². The molecular weight excluding hydrogens is 490 g/mol. The number of ether oxygens (including phenoxy) is 4. The quantitative estimate of drug-likeness (QED) is 0.251. The summed E-state index contributed by atoms with van der Waals surface area (Å²) in [7, 11) is -1.74. The van der Waals surface area contributed by atoms with Gasteiger partial charge in [-0.2, -0.15) is 0 Å². The Hall–Kier alpha value is -4.42. The van der Waals surface area contributed by atoms with Gasteiger partial charge in [0, 0.05) is 24.0 Å². The van der Waals surface area contributed by atoms with Crippen molar-refractivity contribution >= 4 is 27.8 Å². The second-order valence-corrected chi connectivity index (χ2v) is 8.96. The van der Waals surface area contributed by atoms with Crippen molar-refractivity contribution in [3.63, 3.8) is 0 Å². The van der Waals surface area contributed by atoms with Crippen molar-refractivity contribution in [2.24, 2.45) is 0 Å². The summed E-state index contributed by atoms with van der Waals surface area (Å²) in [6.07, 6.45) is 5.61. The number of benzene rings is 2. The number of fused-ring (bicyclic) bond motifs is 1. The van der Waals surface area contributed by atoms with E-state index in [1.807, 2.05) is 4.83 Å². The third-order valence-corrected chi connectivity index (χ3v) is 6.37. The second-order valence-electron chi connectivity index (χ2n) is 7.31. The first kappa shape index (κ1) is 24.7. The molecule has 186 valence electrons. The van der Waals surface area contributed by atoms with Crippen LogP contribution < -0.4 is 29.2 Å². The van der Waals surface area contributed by atoms with Crippen LogP contribution in [0.15, 0.2) is 65.8 Å². The zero-order chi connectivity index (χ0) is 25.7. The summed E-state index contributed by atoms with van der Waals surface area (Å²) in [5.74, 6) is -0.0461. The molecule has 11 nitrogen and oxygen atoms in total. The fourth-order valence-corrected chi connectivity index (χ4v) is 4.31. The first-order valence-corrected chi connectivity index (χ1v) is 11.9. The average molecular weight is 512 g/mol. The highest BCUT2D eigenvalue weighted by Gasteiger charge is 2.25. The molecule has 4 rings (SSSR count). The normalized spacial score (nSPS) is 12.4. The number of hydrogen-bond donors (Lipinski definition) is 2. The summed E-state index contributed by atoms with van der Waals surface area (Å²) in [6.45, 7) is 0.124. The van der Waals surface area contributed by atoms with Crippen LogP contribution in [-0.2, 0) is 10.0 Å². The van der Waals surface area contributed by atoms with Crippen molar-refractivity contribution in [1.82, 2.24) is 15.2 Å². The van der Waals surface area contributed by atoms with Crippen LogP contribution in [0.25, 0.3) is 6.08 Å². The standard InChI is InChI=1S/C24H21N3O8S/c1-32-20-13-22(33-2)23(36(30,31)27-26-24(29)16-7-9-25-10-8-16)12-17(20)18(28)5-3-15-4-6-19-21(11-15)35-14-34-19/h3-13,27H,14H2,1-2H3,(H,26,29)/b5-3+. The Morgan fingerprint density at radius 3 is 2.42 bits per heavy atom. The van der Waals surface area contributed by atoms with Crippen LogP contribution in [0, 0.1) is 0 Å². The number of carbonyl (C=O) groups is 2. The van der Waals surface area contributed by atoms with Gasteiger partial charge in [-0.15, -0.1) is 4.83 Å². The third-order valence-electron chi connectivity index (χ3n) is 5.11. The largest absolute Gasteiger partial charge is 0.496 e. The van der Waals surface area contributed by atoms with E-state index in [0.29, 0.717) is 17.1 Å². The van der Waals surface area contributed by atoms with E-state index in [-0.39, 0.29) is 34.3 Å². The van der Waals surface area contributed by atoms with E-state index in [1.54, 1.807) is 24.3 Å². The minimum absolute atomic E-state index is 0.0314. The summed E-state index contributed by atoms with van der Waals surface area (Å²) in [6, 6.07) is 10.4. The first-order valence-electron chi connectivity index (χ1n) is 10.4. The molecule has 0 saturated heterocycles. The smallest absolute Gasteiger partial charge is 0.266 e. The predicted octanol–water partition coefficient (Wildman–Crippen LogP) is 2.35. The number of methoxy groups -OCH3 is 2. The Kier molecular flexibility index (Phi) is 7.17. The summed E-state index contributed by atoms with van der Waals surface area (Å²) < 4.78 is 47.1. The molecule has 1 aliphatic rings. The molecule has 0 unspecified atom stereocenters.